The second kappa shape index (κ2) is 5.29. The van der Waals surface area contributed by atoms with Crippen LogP contribution < -0.4 is 0 Å². The minimum atomic E-state index is 0.131. The monoisotopic (exact) mass is 304 g/mol. The highest BCUT2D eigenvalue weighted by Crippen LogP contribution is 2.46. The number of amides is 1. The first kappa shape index (κ1) is 13.6. The Morgan fingerprint density at radius 2 is 2.14 bits per heavy atom. The molecule has 21 heavy (non-hydrogen) atoms. The van der Waals surface area contributed by atoms with Gasteiger partial charge in [0.15, 0.2) is 0 Å². The molecule has 0 unspecified atom stereocenters. The van der Waals surface area contributed by atoms with Crippen LogP contribution in [0.5, 0.6) is 0 Å². The van der Waals surface area contributed by atoms with Gasteiger partial charge in [-0.15, -0.1) is 11.8 Å². The van der Waals surface area contributed by atoms with Gasteiger partial charge < -0.3 is 9.64 Å². The molecule has 5 heteroatoms. The molecule has 3 heterocycles. The number of thioether (sulfide) groups is 1. The molecule has 1 spiro atoms. The Kier molecular flexibility index (Phi) is 3.42. The van der Waals surface area contributed by atoms with E-state index >= 15 is 0 Å². The van der Waals surface area contributed by atoms with Gasteiger partial charge in [-0.2, -0.15) is 0 Å². The molecule has 112 valence electrons. The number of aromatic nitrogens is 1. The van der Waals surface area contributed by atoms with Crippen molar-refractivity contribution in [1.29, 1.82) is 0 Å². The van der Waals surface area contributed by atoms with Gasteiger partial charge >= 0.3 is 0 Å². The van der Waals surface area contributed by atoms with E-state index in [1.165, 1.54) is 12.8 Å². The van der Waals surface area contributed by atoms with Crippen LogP contribution in [0.4, 0.5) is 0 Å². The summed E-state index contributed by atoms with van der Waals surface area (Å²) in [7, 11) is 0. The summed E-state index contributed by atoms with van der Waals surface area (Å²) in [6.07, 6.45) is 7.54. The van der Waals surface area contributed by atoms with Gasteiger partial charge in [0.05, 0.1) is 10.9 Å². The van der Waals surface area contributed by atoms with Crippen LogP contribution in [0.1, 0.15) is 29.6 Å². The number of nitrogens with zero attached hydrogens (tertiary/aromatic N) is 2. The number of carbonyl (C=O) groups is 1. The molecule has 2 saturated heterocycles. The summed E-state index contributed by atoms with van der Waals surface area (Å²) >= 11 is 2.00. The second-order valence-electron chi connectivity index (χ2n) is 6.49. The van der Waals surface area contributed by atoms with Gasteiger partial charge in [-0.25, -0.2) is 0 Å². The van der Waals surface area contributed by atoms with Crippen molar-refractivity contribution in [2.45, 2.75) is 30.1 Å². The third-order valence-electron chi connectivity index (χ3n) is 4.61. The fourth-order valence-electron chi connectivity index (χ4n) is 3.16. The Morgan fingerprint density at radius 1 is 1.38 bits per heavy atom. The summed E-state index contributed by atoms with van der Waals surface area (Å²) < 4.78 is 6.27. The highest BCUT2D eigenvalue weighted by molar-refractivity contribution is 8.01. The van der Waals surface area contributed by atoms with Crippen LogP contribution in [-0.4, -0.2) is 52.1 Å². The predicted molar refractivity (Wildman–Crippen MR) is 82.4 cm³/mol. The molecule has 1 atom stereocenters. The molecule has 1 saturated carbocycles. The van der Waals surface area contributed by atoms with E-state index in [-0.39, 0.29) is 10.7 Å². The van der Waals surface area contributed by atoms with Crippen LogP contribution in [-0.2, 0) is 4.74 Å². The second-order valence-corrected chi connectivity index (χ2v) is 7.98. The number of rotatable bonds is 4. The Morgan fingerprint density at radius 3 is 2.86 bits per heavy atom. The van der Waals surface area contributed by atoms with Crippen LogP contribution in [0.3, 0.4) is 0 Å². The minimum Gasteiger partial charge on any atom is -0.377 e. The maximum Gasteiger partial charge on any atom is 0.254 e. The molecule has 0 N–H and O–H groups in total. The maximum absolute atomic E-state index is 12.3. The third-order valence-corrected chi connectivity index (χ3v) is 6.19. The van der Waals surface area contributed by atoms with E-state index in [4.69, 9.17) is 4.74 Å². The fourth-order valence-corrected chi connectivity index (χ4v) is 4.71. The summed E-state index contributed by atoms with van der Waals surface area (Å²) in [6, 6.07) is 3.58. The predicted octanol–water partition coefficient (Wildman–Crippen LogP) is 2.21. The first-order valence-electron chi connectivity index (χ1n) is 7.69. The molecular weight excluding hydrogens is 284 g/mol. The number of ether oxygens (including phenoxy) is 1. The SMILES string of the molecule is O=C(c1ccncc1)N1CC2(C[C@@H](OCC3CC3)CS2)C1. The lowest BCUT2D eigenvalue weighted by molar-refractivity contribution is 0.0287. The lowest BCUT2D eigenvalue weighted by atomic mass is 9.92. The topological polar surface area (TPSA) is 42.4 Å². The van der Waals surface area contributed by atoms with Crippen molar-refractivity contribution in [3.63, 3.8) is 0 Å². The molecule has 1 aliphatic carbocycles. The summed E-state index contributed by atoms with van der Waals surface area (Å²) in [5.41, 5.74) is 0.740. The van der Waals surface area contributed by atoms with E-state index < -0.39 is 0 Å². The molecule has 1 aromatic rings. The highest BCUT2D eigenvalue weighted by atomic mass is 32.2. The van der Waals surface area contributed by atoms with Gasteiger partial charge in [0.1, 0.15) is 0 Å². The van der Waals surface area contributed by atoms with Crippen molar-refractivity contribution in [3.05, 3.63) is 30.1 Å². The largest absolute Gasteiger partial charge is 0.377 e. The van der Waals surface area contributed by atoms with E-state index in [9.17, 15) is 4.79 Å². The van der Waals surface area contributed by atoms with Crippen LogP contribution in [0.25, 0.3) is 0 Å². The molecule has 0 radical (unpaired) electrons. The quantitative estimate of drug-likeness (QED) is 0.855. The molecule has 1 aromatic heterocycles. The van der Waals surface area contributed by atoms with Crippen LogP contribution in [0, 0.1) is 5.92 Å². The van der Waals surface area contributed by atoms with Crippen molar-refractivity contribution >= 4 is 17.7 Å². The van der Waals surface area contributed by atoms with E-state index in [1.54, 1.807) is 24.5 Å². The van der Waals surface area contributed by atoms with Crippen molar-refractivity contribution in [1.82, 2.24) is 9.88 Å². The molecule has 1 amide bonds. The van der Waals surface area contributed by atoms with Crippen LogP contribution >= 0.6 is 11.8 Å². The molecule has 0 bridgehead atoms. The lowest BCUT2D eigenvalue weighted by Gasteiger charge is -2.47. The smallest absolute Gasteiger partial charge is 0.254 e. The zero-order valence-electron chi connectivity index (χ0n) is 12.0. The summed E-state index contributed by atoms with van der Waals surface area (Å²) in [6.45, 7) is 2.67. The van der Waals surface area contributed by atoms with E-state index in [0.29, 0.717) is 6.10 Å². The first-order valence-corrected chi connectivity index (χ1v) is 8.68. The van der Waals surface area contributed by atoms with Crippen molar-refractivity contribution in [2.24, 2.45) is 5.92 Å². The van der Waals surface area contributed by atoms with Gasteiger partial charge in [-0.1, -0.05) is 0 Å². The molecule has 3 aliphatic rings. The highest BCUT2D eigenvalue weighted by Gasteiger charge is 2.51. The van der Waals surface area contributed by atoms with Gasteiger partial charge in [-0.05, 0) is 37.3 Å². The average molecular weight is 304 g/mol. The molecule has 3 fully saturated rings. The number of pyridine rings is 1. The minimum absolute atomic E-state index is 0.131. The molecular formula is C16H20N2O2S. The van der Waals surface area contributed by atoms with E-state index in [2.05, 4.69) is 4.98 Å². The van der Waals surface area contributed by atoms with Gasteiger partial charge in [0.2, 0.25) is 0 Å². The number of carbonyl (C=O) groups excluding carboxylic acids is 1. The van der Waals surface area contributed by atoms with Crippen molar-refractivity contribution < 1.29 is 9.53 Å². The third kappa shape index (κ3) is 2.81. The average Bonchev–Trinajstić information content (AvgIpc) is 3.22. The molecule has 0 aromatic carbocycles. The van der Waals surface area contributed by atoms with E-state index in [1.807, 2.05) is 16.7 Å². The number of hydrogen-bond donors (Lipinski definition) is 0. The maximum atomic E-state index is 12.3. The lowest BCUT2D eigenvalue weighted by Crippen LogP contribution is -2.60. The standard InChI is InChI=1S/C16H20N2O2S/c19-15(13-3-5-17-6-4-13)18-10-16(11-18)7-14(9-21-16)20-8-12-1-2-12/h3-6,12,14H,1-2,7-11H2/t14-/m1/s1. The number of likely N-dealkylation sites (tertiary alicyclic amines) is 1. The Hall–Kier alpha value is -1.07. The van der Waals surface area contributed by atoms with Crippen molar-refractivity contribution in [2.75, 3.05) is 25.4 Å². The summed E-state index contributed by atoms with van der Waals surface area (Å²) in [5.74, 6) is 2.05. The van der Waals surface area contributed by atoms with Gasteiger partial charge in [-0.3, -0.25) is 9.78 Å². The zero-order valence-corrected chi connectivity index (χ0v) is 12.8. The Bertz CT molecular complexity index is 526. The van der Waals surface area contributed by atoms with E-state index in [0.717, 1.165) is 43.4 Å². The van der Waals surface area contributed by atoms with Crippen LogP contribution in [0.15, 0.2) is 24.5 Å². The molecule has 4 nitrogen and oxygen atoms in total. The zero-order chi connectivity index (χ0) is 14.3. The first-order chi connectivity index (χ1) is 10.2. The Labute approximate surface area is 129 Å². The van der Waals surface area contributed by atoms with Crippen LogP contribution in [0.2, 0.25) is 0 Å². The van der Waals surface area contributed by atoms with Gasteiger partial charge in [0.25, 0.3) is 5.91 Å². The molecule has 2 aliphatic heterocycles. The summed E-state index contributed by atoms with van der Waals surface area (Å²) in [5, 5.41) is 0. The normalized spacial score (nSPS) is 26.9. The number of hydrogen-bond acceptors (Lipinski definition) is 4. The summed E-state index contributed by atoms with van der Waals surface area (Å²) in [4.78, 5) is 18.2. The molecule has 4 rings (SSSR count). The fraction of sp³-hybridized carbons (Fsp3) is 0.625. The van der Waals surface area contributed by atoms with Gasteiger partial charge in [0, 0.05) is 43.4 Å². The Balaban J connectivity index is 1.29. The van der Waals surface area contributed by atoms with Crippen molar-refractivity contribution in [3.8, 4) is 0 Å².